The minimum atomic E-state index is -4.48. The van der Waals surface area contributed by atoms with Gasteiger partial charge in [-0.3, -0.25) is 9.48 Å². The molecule has 1 unspecified atom stereocenters. The predicted molar refractivity (Wildman–Crippen MR) is 103 cm³/mol. The van der Waals surface area contributed by atoms with Crippen molar-refractivity contribution < 1.29 is 22.4 Å². The van der Waals surface area contributed by atoms with Gasteiger partial charge >= 0.3 is 6.18 Å². The molecule has 0 spiro atoms. The summed E-state index contributed by atoms with van der Waals surface area (Å²) < 4.78 is 47.0. The second-order valence-corrected chi connectivity index (χ2v) is 8.30. The summed E-state index contributed by atoms with van der Waals surface area (Å²) >= 11 is 1.47. The first-order valence-corrected chi connectivity index (χ1v) is 9.95. The van der Waals surface area contributed by atoms with Gasteiger partial charge in [-0.25, -0.2) is 0 Å². The molecule has 0 saturated heterocycles. The first kappa shape index (κ1) is 19.6. The molecule has 0 aliphatic carbocycles. The van der Waals surface area contributed by atoms with Crippen LogP contribution < -0.4 is 4.90 Å². The van der Waals surface area contributed by atoms with Crippen molar-refractivity contribution in [1.29, 1.82) is 0 Å². The van der Waals surface area contributed by atoms with Gasteiger partial charge in [0.2, 0.25) is 0 Å². The minimum Gasteiger partial charge on any atom is -0.454 e. The van der Waals surface area contributed by atoms with Crippen molar-refractivity contribution in [3.05, 3.63) is 65.9 Å². The topological polar surface area (TPSA) is 51.3 Å². The lowest BCUT2D eigenvalue weighted by Gasteiger charge is -2.22. The van der Waals surface area contributed by atoms with Gasteiger partial charge in [0.25, 0.3) is 5.91 Å². The molecule has 0 saturated carbocycles. The van der Waals surface area contributed by atoms with Crippen molar-refractivity contribution in [3.8, 4) is 0 Å². The summed E-state index contributed by atoms with van der Waals surface area (Å²) in [5.74, 6) is 0.181. The van der Waals surface area contributed by atoms with E-state index in [-0.39, 0.29) is 16.7 Å². The molecule has 1 aliphatic heterocycles. The van der Waals surface area contributed by atoms with Crippen LogP contribution in [0.4, 0.5) is 18.9 Å². The zero-order valence-electron chi connectivity index (χ0n) is 15.5. The molecule has 152 valence electrons. The number of hydrogen-bond acceptors (Lipinski definition) is 4. The van der Waals surface area contributed by atoms with Gasteiger partial charge < -0.3 is 9.32 Å². The average molecular weight is 421 g/mol. The summed E-state index contributed by atoms with van der Waals surface area (Å²) in [6.07, 6.45) is -0.409. The summed E-state index contributed by atoms with van der Waals surface area (Å²) in [6, 6.07) is 8.55. The highest BCUT2D eigenvalue weighted by molar-refractivity contribution is 8.00. The third-order valence-corrected chi connectivity index (χ3v) is 5.90. The van der Waals surface area contributed by atoms with Gasteiger partial charge in [-0.15, -0.1) is 11.8 Å². The minimum absolute atomic E-state index is 0.0927. The highest BCUT2D eigenvalue weighted by Crippen LogP contribution is 2.41. The maximum atomic E-state index is 13.2. The Morgan fingerprint density at radius 3 is 2.86 bits per heavy atom. The van der Waals surface area contributed by atoms with Crippen LogP contribution in [0.1, 0.15) is 35.2 Å². The molecule has 0 N–H and O–H groups in total. The third-order valence-electron chi connectivity index (χ3n) is 4.66. The number of carbonyl (C=O) groups is 1. The number of thioether (sulfide) groups is 1. The van der Waals surface area contributed by atoms with Crippen molar-refractivity contribution >= 4 is 23.4 Å². The number of alkyl halides is 3. The second kappa shape index (κ2) is 7.62. The molecule has 3 aromatic rings. The summed E-state index contributed by atoms with van der Waals surface area (Å²) in [6.45, 7) is 2.67. The summed E-state index contributed by atoms with van der Waals surface area (Å²) in [4.78, 5) is 15.2. The van der Waals surface area contributed by atoms with E-state index in [4.69, 9.17) is 4.42 Å². The quantitative estimate of drug-likeness (QED) is 0.592. The first-order chi connectivity index (χ1) is 13.8. The van der Waals surface area contributed by atoms with Crippen LogP contribution in [0.25, 0.3) is 0 Å². The van der Waals surface area contributed by atoms with Crippen LogP contribution in [-0.4, -0.2) is 27.5 Å². The van der Waals surface area contributed by atoms with Crippen LogP contribution in [0.2, 0.25) is 0 Å². The standard InChI is InChI=1S/C20H18F3N3O2S/c1-13-7-10-26(16-11-14(20(21,22)23)3-6-18(16)29-13)19(27)17-5-4-15(28-17)12-25-9-2-8-24-25/h2-6,8-9,11,13H,7,10,12H2,1H3. The molecule has 5 nitrogen and oxygen atoms in total. The van der Waals surface area contributed by atoms with E-state index in [0.717, 1.165) is 12.1 Å². The smallest absolute Gasteiger partial charge is 0.416 e. The van der Waals surface area contributed by atoms with Gasteiger partial charge in [0.1, 0.15) is 5.76 Å². The molecule has 0 bridgehead atoms. The van der Waals surface area contributed by atoms with Gasteiger partial charge in [-0.1, -0.05) is 6.92 Å². The number of furan rings is 1. The Labute approximate surface area is 169 Å². The van der Waals surface area contributed by atoms with Crippen LogP contribution in [0.15, 0.2) is 58.1 Å². The molecular formula is C20H18F3N3O2S. The molecule has 2 aromatic heterocycles. The Balaban J connectivity index is 1.65. The molecule has 0 radical (unpaired) electrons. The van der Waals surface area contributed by atoms with Crippen molar-refractivity contribution in [1.82, 2.24) is 9.78 Å². The Morgan fingerprint density at radius 2 is 2.14 bits per heavy atom. The van der Waals surface area contributed by atoms with E-state index < -0.39 is 17.6 Å². The lowest BCUT2D eigenvalue weighted by Crippen LogP contribution is -2.32. The average Bonchev–Trinajstić information content (AvgIpc) is 3.31. The fourth-order valence-corrected chi connectivity index (χ4v) is 4.28. The maximum absolute atomic E-state index is 13.2. The molecule has 1 aromatic carbocycles. The van der Waals surface area contributed by atoms with Gasteiger partial charge in [-0.2, -0.15) is 18.3 Å². The lowest BCUT2D eigenvalue weighted by molar-refractivity contribution is -0.137. The number of aromatic nitrogens is 2. The normalized spacial score (nSPS) is 17.1. The SMILES string of the molecule is CC1CCN(C(=O)c2ccc(Cn3cccn3)o2)c2cc(C(F)(F)F)ccc2S1. The number of fused-ring (bicyclic) bond motifs is 1. The van der Waals surface area contributed by atoms with E-state index in [1.54, 1.807) is 35.3 Å². The second-order valence-electron chi connectivity index (χ2n) is 6.82. The molecule has 0 fully saturated rings. The van der Waals surface area contributed by atoms with E-state index in [1.165, 1.54) is 22.7 Å². The Hall–Kier alpha value is -2.68. The van der Waals surface area contributed by atoms with Crippen LogP contribution >= 0.6 is 11.8 Å². The van der Waals surface area contributed by atoms with Crippen LogP contribution in [0.3, 0.4) is 0 Å². The molecule has 1 aliphatic rings. The van der Waals surface area contributed by atoms with Gasteiger partial charge in [0, 0.05) is 29.1 Å². The fraction of sp³-hybridized carbons (Fsp3) is 0.300. The van der Waals surface area contributed by atoms with Crippen molar-refractivity contribution in [2.24, 2.45) is 0 Å². The number of nitrogens with zero attached hydrogens (tertiary/aromatic N) is 3. The molecular weight excluding hydrogens is 403 g/mol. The Bertz CT molecular complexity index is 1010. The number of hydrogen-bond donors (Lipinski definition) is 0. The highest BCUT2D eigenvalue weighted by Gasteiger charge is 2.34. The van der Waals surface area contributed by atoms with Crippen molar-refractivity contribution in [2.45, 2.75) is 36.2 Å². The lowest BCUT2D eigenvalue weighted by atomic mass is 10.1. The molecule has 9 heteroatoms. The first-order valence-electron chi connectivity index (χ1n) is 9.07. The van der Waals surface area contributed by atoms with Gasteiger partial charge in [0.05, 0.1) is 17.8 Å². The number of carbonyl (C=O) groups excluding carboxylic acids is 1. The van der Waals surface area contributed by atoms with E-state index >= 15 is 0 Å². The molecule has 4 rings (SSSR count). The molecule has 3 heterocycles. The summed E-state index contributed by atoms with van der Waals surface area (Å²) in [5, 5.41) is 4.27. The van der Waals surface area contributed by atoms with E-state index in [9.17, 15) is 18.0 Å². The van der Waals surface area contributed by atoms with Gasteiger partial charge in [0.15, 0.2) is 5.76 Å². The predicted octanol–water partition coefficient (Wildman–Crippen LogP) is 5.07. The number of halogens is 3. The van der Waals surface area contributed by atoms with Crippen molar-refractivity contribution in [2.75, 3.05) is 11.4 Å². The fourth-order valence-electron chi connectivity index (χ4n) is 3.19. The molecule has 1 atom stereocenters. The highest BCUT2D eigenvalue weighted by atomic mass is 32.2. The Morgan fingerprint density at radius 1 is 1.31 bits per heavy atom. The Kier molecular flexibility index (Phi) is 5.16. The van der Waals surface area contributed by atoms with Crippen LogP contribution in [0.5, 0.6) is 0 Å². The van der Waals surface area contributed by atoms with E-state index in [1.807, 2.05) is 6.92 Å². The monoisotopic (exact) mass is 421 g/mol. The van der Waals surface area contributed by atoms with E-state index in [0.29, 0.717) is 30.2 Å². The van der Waals surface area contributed by atoms with Gasteiger partial charge in [-0.05, 0) is 42.8 Å². The maximum Gasteiger partial charge on any atom is 0.416 e. The summed E-state index contributed by atoms with van der Waals surface area (Å²) in [5.41, 5.74) is -0.507. The van der Waals surface area contributed by atoms with E-state index in [2.05, 4.69) is 5.10 Å². The third kappa shape index (κ3) is 4.19. The van der Waals surface area contributed by atoms with Crippen LogP contribution in [0, 0.1) is 0 Å². The van der Waals surface area contributed by atoms with Crippen molar-refractivity contribution in [3.63, 3.8) is 0 Å². The number of rotatable bonds is 3. The molecule has 1 amide bonds. The number of anilines is 1. The largest absolute Gasteiger partial charge is 0.454 e. The zero-order chi connectivity index (χ0) is 20.6. The summed E-state index contributed by atoms with van der Waals surface area (Å²) in [7, 11) is 0. The number of benzene rings is 1. The zero-order valence-corrected chi connectivity index (χ0v) is 16.3. The number of amides is 1. The van der Waals surface area contributed by atoms with Crippen LogP contribution in [-0.2, 0) is 12.7 Å². The molecule has 29 heavy (non-hydrogen) atoms.